The summed E-state index contributed by atoms with van der Waals surface area (Å²) in [5.41, 5.74) is 23.2. The van der Waals surface area contributed by atoms with Crippen LogP contribution in [0.1, 0.15) is 0 Å². The van der Waals surface area contributed by atoms with Crippen molar-refractivity contribution < 1.29 is 0 Å². The van der Waals surface area contributed by atoms with E-state index in [0.29, 0.717) is 0 Å². The van der Waals surface area contributed by atoms with Crippen LogP contribution in [-0.4, -0.2) is 0 Å². The van der Waals surface area contributed by atoms with E-state index >= 15 is 0 Å². The Morgan fingerprint density at radius 2 is 0.631 bits per heavy atom. The highest BCUT2D eigenvalue weighted by Gasteiger charge is 2.33. The molecular weight excluding hydrogens is 801 g/mol. The van der Waals surface area contributed by atoms with Gasteiger partial charge in [-0.05, 0) is 145 Å². The lowest BCUT2D eigenvalue weighted by atomic mass is 9.82. The lowest BCUT2D eigenvalue weighted by Crippen LogP contribution is -1.93. The van der Waals surface area contributed by atoms with Gasteiger partial charge in [0, 0.05) is 15.3 Å². The summed E-state index contributed by atoms with van der Waals surface area (Å²) in [6, 6.07) is 85.7. The van der Waals surface area contributed by atoms with Crippen LogP contribution in [0, 0.1) is 0 Å². The fourth-order valence-corrected chi connectivity index (χ4v) is 12.5. The molecule has 0 nitrogen and oxygen atoms in total. The Hall–Kier alpha value is -8.10. The van der Waals surface area contributed by atoms with E-state index in [-0.39, 0.29) is 0 Å². The second-order valence-corrected chi connectivity index (χ2v) is 18.5. The van der Waals surface area contributed by atoms with Gasteiger partial charge < -0.3 is 0 Å². The highest BCUT2D eigenvalue weighted by atomic mass is 32.1. The first kappa shape index (κ1) is 36.4. The van der Waals surface area contributed by atoms with Crippen molar-refractivity contribution in [3.8, 4) is 110 Å². The first-order valence-electron chi connectivity index (χ1n) is 22.5. The van der Waals surface area contributed by atoms with Gasteiger partial charge in [0.15, 0.2) is 0 Å². The minimum atomic E-state index is 1.23. The van der Waals surface area contributed by atoms with Crippen LogP contribution in [0.3, 0.4) is 0 Å². The molecule has 0 fully saturated rings. The van der Waals surface area contributed by atoms with E-state index < -0.39 is 0 Å². The Labute approximate surface area is 382 Å². The van der Waals surface area contributed by atoms with E-state index in [4.69, 9.17) is 0 Å². The van der Waals surface area contributed by atoms with Crippen molar-refractivity contribution in [2.24, 2.45) is 0 Å². The maximum Gasteiger partial charge on any atom is 0.0356 e. The molecule has 0 unspecified atom stereocenters. The number of thiophene rings is 1. The van der Waals surface area contributed by atoms with Crippen LogP contribution in [0.25, 0.3) is 142 Å². The molecule has 0 saturated heterocycles. The van der Waals surface area contributed by atoms with E-state index in [9.17, 15) is 0 Å². The van der Waals surface area contributed by atoms with E-state index in [2.05, 4.69) is 231 Å². The predicted molar refractivity (Wildman–Crippen MR) is 278 cm³/mol. The highest BCUT2D eigenvalue weighted by Crippen LogP contribution is 2.60. The molecule has 2 aliphatic rings. The number of hydrogen-bond acceptors (Lipinski definition) is 1. The first-order valence-corrected chi connectivity index (χ1v) is 23.3. The van der Waals surface area contributed by atoms with Crippen molar-refractivity contribution in [3.05, 3.63) is 231 Å². The minimum absolute atomic E-state index is 1.23. The van der Waals surface area contributed by atoms with Crippen LogP contribution in [0.4, 0.5) is 0 Å². The molecule has 0 bridgehead atoms. The van der Waals surface area contributed by atoms with Crippen LogP contribution in [0.5, 0.6) is 0 Å². The standard InChI is InChI=1S/C64H38S/c1-5-18-39(19-6-1)52-38-53(59(43-24-11-4-12-25-43)62-49-32-16-27-40-26-15-31-48(56(40)49)61(52)62)55-37-36-54(65-55)44-34-35-51-60-45(44)30-17-33-50(60)63-57(41-20-7-2-8-21-41)46-28-13-14-29-47(46)58(64(51)63)42-22-9-3-10-23-42/h1-38H. The molecule has 1 heteroatoms. The molecule has 0 atom stereocenters. The summed E-state index contributed by atoms with van der Waals surface area (Å²) in [7, 11) is 0. The zero-order valence-electron chi connectivity index (χ0n) is 35.3. The van der Waals surface area contributed by atoms with Crippen LogP contribution < -0.4 is 0 Å². The summed E-state index contributed by atoms with van der Waals surface area (Å²) < 4.78 is 0. The lowest BCUT2D eigenvalue weighted by Gasteiger charge is -2.20. The Morgan fingerprint density at radius 3 is 1.22 bits per heavy atom. The first-order chi connectivity index (χ1) is 32.3. The molecule has 0 aliphatic heterocycles. The maximum atomic E-state index is 2.49. The Balaban J connectivity index is 1.02. The fourth-order valence-electron chi connectivity index (χ4n) is 11.4. The van der Waals surface area contributed by atoms with E-state index in [0.717, 1.165) is 0 Å². The van der Waals surface area contributed by atoms with E-state index in [1.165, 1.54) is 142 Å². The highest BCUT2D eigenvalue weighted by molar-refractivity contribution is 7.19. The van der Waals surface area contributed by atoms with Crippen LogP contribution in [0.2, 0.25) is 0 Å². The lowest BCUT2D eigenvalue weighted by molar-refractivity contribution is 1.59. The normalized spacial score (nSPS) is 12.0. The van der Waals surface area contributed by atoms with Crippen LogP contribution >= 0.6 is 11.3 Å². The smallest absolute Gasteiger partial charge is 0.0356 e. The van der Waals surface area contributed by atoms with Gasteiger partial charge in [0.05, 0.1) is 0 Å². The monoisotopic (exact) mass is 838 g/mol. The molecule has 11 aromatic carbocycles. The average Bonchev–Trinajstić information content (AvgIpc) is 4.09. The van der Waals surface area contributed by atoms with Gasteiger partial charge >= 0.3 is 0 Å². The van der Waals surface area contributed by atoms with Crippen molar-refractivity contribution in [3.63, 3.8) is 0 Å². The Kier molecular flexibility index (Phi) is 7.95. The molecule has 14 rings (SSSR count). The fraction of sp³-hybridized carbons (Fsp3) is 0. The van der Waals surface area contributed by atoms with Gasteiger partial charge in [0.25, 0.3) is 0 Å². The zero-order chi connectivity index (χ0) is 42.6. The minimum Gasteiger partial charge on any atom is -0.135 e. The second kappa shape index (κ2) is 14.2. The van der Waals surface area contributed by atoms with Crippen molar-refractivity contribution in [1.82, 2.24) is 0 Å². The third-order valence-electron chi connectivity index (χ3n) is 14.0. The molecule has 300 valence electrons. The largest absolute Gasteiger partial charge is 0.135 e. The van der Waals surface area contributed by atoms with Gasteiger partial charge in [-0.1, -0.05) is 212 Å². The van der Waals surface area contributed by atoms with Gasteiger partial charge in [-0.15, -0.1) is 11.3 Å². The second-order valence-electron chi connectivity index (χ2n) is 17.4. The summed E-state index contributed by atoms with van der Waals surface area (Å²) in [6.45, 7) is 0. The molecular formula is C64H38S. The van der Waals surface area contributed by atoms with Crippen LogP contribution in [0.15, 0.2) is 231 Å². The molecule has 0 amide bonds. The van der Waals surface area contributed by atoms with Crippen molar-refractivity contribution in [2.45, 2.75) is 0 Å². The number of hydrogen-bond donors (Lipinski definition) is 0. The third-order valence-corrected chi connectivity index (χ3v) is 15.1. The van der Waals surface area contributed by atoms with Crippen LogP contribution in [-0.2, 0) is 0 Å². The molecule has 12 aromatic rings. The number of benzene rings is 11. The number of rotatable bonds is 6. The summed E-state index contributed by atoms with van der Waals surface area (Å²) in [5, 5.41) is 7.80. The molecule has 0 N–H and O–H groups in total. The van der Waals surface area contributed by atoms with E-state index in [1.54, 1.807) is 0 Å². The quantitative estimate of drug-likeness (QED) is 0.156. The van der Waals surface area contributed by atoms with E-state index in [1.807, 2.05) is 11.3 Å². The van der Waals surface area contributed by atoms with Gasteiger partial charge in [0.1, 0.15) is 0 Å². The Morgan fingerprint density at radius 1 is 0.215 bits per heavy atom. The zero-order valence-corrected chi connectivity index (χ0v) is 36.2. The molecule has 65 heavy (non-hydrogen) atoms. The Bertz CT molecular complexity index is 3800. The maximum absolute atomic E-state index is 2.49. The topological polar surface area (TPSA) is 0 Å². The van der Waals surface area contributed by atoms with Crippen molar-refractivity contribution >= 4 is 43.7 Å². The number of fused-ring (bicyclic) bond motifs is 7. The summed E-state index contributed by atoms with van der Waals surface area (Å²) >= 11 is 1.91. The molecule has 1 heterocycles. The summed E-state index contributed by atoms with van der Waals surface area (Å²) in [4.78, 5) is 2.53. The molecule has 2 aliphatic carbocycles. The molecule has 0 spiro atoms. The van der Waals surface area contributed by atoms with Crippen molar-refractivity contribution in [2.75, 3.05) is 0 Å². The molecule has 1 aromatic heterocycles. The van der Waals surface area contributed by atoms with Gasteiger partial charge in [-0.2, -0.15) is 0 Å². The summed E-state index contributed by atoms with van der Waals surface area (Å²) in [5.74, 6) is 0. The molecule has 0 radical (unpaired) electrons. The predicted octanol–water partition coefficient (Wildman–Crippen LogP) is 18.5. The van der Waals surface area contributed by atoms with Gasteiger partial charge in [-0.25, -0.2) is 0 Å². The van der Waals surface area contributed by atoms with Gasteiger partial charge in [0.2, 0.25) is 0 Å². The molecule has 0 saturated carbocycles. The third kappa shape index (κ3) is 5.31. The SMILES string of the molecule is c1ccc(-c2cc(-c3ccc(-c4ccc5c6c(cccc46)-c4c-5c(-c5ccccc5)c5ccccc5c4-c4ccccc4)s3)c(-c3ccccc3)c3c2-c2cccc4cccc-3c24)cc1. The summed E-state index contributed by atoms with van der Waals surface area (Å²) in [6.07, 6.45) is 0. The van der Waals surface area contributed by atoms with Crippen molar-refractivity contribution in [1.29, 1.82) is 0 Å². The van der Waals surface area contributed by atoms with Gasteiger partial charge in [-0.3, -0.25) is 0 Å². The average molecular weight is 839 g/mol.